The van der Waals surface area contributed by atoms with E-state index < -0.39 is 66.3 Å². The van der Waals surface area contributed by atoms with Gasteiger partial charge in [-0.15, -0.1) is 0 Å². The van der Waals surface area contributed by atoms with Crippen LogP contribution in [0.25, 0.3) is 0 Å². The van der Waals surface area contributed by atoms with E-state index in [1.807, 2.05) is 44.2 Å². The Kier molecular flexibility index (Phi) is 15.5. The van der Waals surface area contributed by atoms with Crippen LogP contribution in [0, 0.1) is 23.7 Å². The van der Waals surface area contributed by atoms with Crippen molar-refractivity contribution in [2.24, 2.45) is 23.7 Å². The van der Waals surface area contributed by atoms with Crippen molar-refractivity contribution in [2.45, 2.75) is 115 Å². The van der Waals surface area contributed by atoms with E-state index in [1.165, 1.54) is 6.33 Å². The standard InChI is InChI=1S/C36H59N5O7S2/c1-25(2)28(21-39-49(6,45)46)19-33(42)31(18-27-15-11-8-12-16-27)40-35(44)32(20-30-22-37-24-38-30)41-34(43)29(17-26-13-9-7-10-14-26)23-50(47,48)36(3,4)5/h7,9-10,13-14,22,24-25,27-29,31-33,39,42H,8,11-12,15-21,23H2,1-6H3,(H,37,38)(H,40,44)(H,41,43)/t28?,29?,31?,32-,33?/m0/s1. The number of imidazole rings is 1. The van der Waals surface area contributed by atoms with Gasteiger partial charge >= 0.3 is 0 Å². The Labute approximate surface area is 299 Å². The number of carbonyl (C=O) groups is 2. The maximum atomic E-state index is 14.2. The summed E-state index contributed by atoms with van der Waals surface area (Å²) in [6.07, 6.45) is 9.53. The zero-order valence-corrected chi connectivity index (χ0v) is 32.2. The van der Waals surface area contributed by atoms with Gasteiger partial charge in [0.2, 0.25) is 21.8 Å². The summed E-state index contributed by atoms with van der Waals surface area (Å²) in [5.74, 6) is -2.26. The first-order valence-electron chi connectivity index (χ1n) is 17.8. The number of rotatable bonds is 19. The lowest BCUT2D eigenvalue weighted by Gasteiger charge is -2.34. The van der Waals surface area contributed by atoms with Crippen LogP contribution in [-0.2, 0) is 42.3 Å². The van der Waals surface area contributed by atoms with Crippen LogP contribution in [-0.4, -0.2) is 85.2 Å². The van der Waals surface area contributed by atoms with E-state index in [0.29, 0.717) is 18.0 Å². The summed E-state index contributed by atoms with van der Waals surface area (Å²) >= 11 is 0. The van der Waals surface area contributed by atoms with Crippen molar-refractivity contribution in [1.82, 2.24) is 25.3 Å². The number of amides is 2. The lowest BCUT2D eigenvalue weighted by atomic mass is 9.81. The molecule has 1 saturated carbocycles. The first-order chi connectivity index (χ1) is 23.3. The van der Waals surface area contributed by atoms with E-state index >= 15 is 0 Å². The highest BCUT2D eigenvalue weighted by molar-refractivity contribution is 7.92. The molecule has 4 unspecified atom stereocenters. The first-order valence-corrected chi connectivity index (χ1v) is 21.4. The molecule has 0 spiro atoms. The van der Waals surface area contributed by atoms with Crippen LogP contribution in [0.4, 0.5) is 0 Å². The van der Waals surface area contributed by atoms with Crippen molar-refractivity contribution in [2.75, 3.05) is 18.6 Å². The monoisotopic (exact) mass is 737 g/mol. The lowest BCUT2D eigenvalue weighted by molar-refractivity contribution is -0.131. The van der Waals surface area contributed by atoms with Gasteiger partial charge in [-0.1, -0.05) is 76.3 Å². The fraction of sp³-hybridized carbons (Fsp3) is 0.694. The van der Waals surface area contributed by atoms with Crippen LogP contribution in [0.5, 0.6) is 0 Å². The molecule has 50 heavy (non-hydrogen) atoms. The lowest BCUT2D eigenvalue weighted by Crippen LogP contribution is -2.55. The van der Waals surface area contributed by atoms with Crippen LogP contribution in [0.1, 0.15) is 90.8 Å². The molecule has 1 aliphatic rings. The van der Waals surface area contributed by atoms with E-state index in [1.54, 1.807) is 27.0 Å². The number of nitrogens with zero attached hydrogens (tertiary/aromatic N) is 1. The maximum absolute atomic E-state index is 14.2. The molecule has 0 saturated heterocycles. The summed E-state index contributed by atoms with van der Waals surface area (Å²) in [5.41, 5.74) is 1.33. The highest BCUT2D eigenvalue weighted by Crippen LogP contribution is 2.30. The summed E-state index contributed by atoms with van der Waals surface area (Å²) in [4.78, 5) is 35.3. The van der Waals surface area contributed by atoms with Gasteiger partial charge in [0.25, 0.3) is 0 Å². The van der Waals surface area contributed by atoms with E-state index in [4.69, 9.17) is 0 Å². The van der Waals surface area contributed by atoms with Gasteiger partial charge in [0, 0.05) is 19.2 Å². The Hall–Kier alpha value is -2.81. The molecule has 0 radical (unpaired) electrons. The number of nitrogens with one attached hydrogen (secondary N) is 4. The number of sulfonamides is 1. The van der Waals surface area contributed by atoms with Crippen molar-refractivity contribution in [3.8, 4) is 0 Å². The number of hydrogen-bond acceptors (Lipinski definition) is 8. The fourth-order valence-corrected chi connectivity index (χ4v) is 8.27. The van der Waals surface area contributed by atoms with Crippen molar-refractivity contribution in [3.63, 3.8) is 0 Å². The topological polar surface area (TPSA) is 187 Å². The van der Waals surface area contributed by atoms with Crippen LogP contribution >= 0.6 is 0 Å². The quantitative estimate of drug-likeness (QED) is 0.145. The van der Waals surface area contributed by atoms with Crippen molar-refractivity contribution >= 4 is 31.7 Å². The summed E-state index contributed by atoms with van der Waals surface area (Å²) in [6.45, 7) is 8.91. The average Bonchev–Trinajstić information content (AvgIpc) is 3.55. The van der Waals surface area contributed by atoms with E-state index in [-0.39, 0.29) is 37.6 Å². The van der Waals surface area contributed by atoms with Gasteiger partial charge in [0.05, 0.1) is 46.8 Å². The number of sulfone groups is 1. The molecule has 5 N–H and O–H groups in total. The second kappa shape index (κ2) is 18.6. The van der Waals surface area contributed by atoms with Crippen LogP contribution in [0.15, 0.2) is 42.9 Å². The Morgan fingerprint density at radius 2 is 1.64 bits per heavy atom. The zero-order chi connectivity index (χ0) is 37.1. The van der Waals surface area contributed by atoms with Gasteiger partial charge in [-0.3, -0.25) is 9.59 Å². The molecule has 1 aliphatic carbocycles. The highest BCUT2D eigenvalue weighted by atomic mass is 32.2. The minimum absolute atomic E-state index is 0.0459. The molecule has 12 nitrogen and oxygen atoms in total. The number of benzene rings is 1. The van der Waals surface area contributed by atoms with E-state index in [2.05, 4.69) is 25.3 Å². The molecular formula is C36H59N5O7S2. The molecule has 1 aromatic heterocycles. The largest absolute Gasteiger partial charge is 0.391 e. The van der Waals surface area contributed by atoms with Crippen LogP contribution in [0.2, 0.25) is 0 Å². The number of aliphatic hydroxyl groups is 1. The number of aliphatic hydroxyl groups excluding tert-OH is 1. The highest BCUT2D eigenvalue weighted by Gasteiger charge is 2.37. The molecule has 3 rings (SSSR count). The number of carbonyl (C=O) groups excluding carboxylic acids is 2. The zero-order valence-electron chi connectivity index (χ0n) is 30.5. The Morgan fingerprint density at radius 3 is 2.20 bits per heavy atom. The molecule has 1 fully saturated rings. The summed E-state index contributed by atoms with van der Waals surface area (Å²) in [7, 11) is -7.13. The predicted molar refractivity (Wildman–Crippen MR) is 196 cm³/mol. The van der Waals surface area contributed by atoms with E-state index in [9.17, 15) is 31.5 Å². The third kappa shape index (κ3) is 13.7. The molecule has 5 atom stereocenters. The van der Waals surface area contributed by atoms with Gasteiger partial charge in [0.15, 0.2) is 9.84 Å². The molecular weight excluding hydrogens is 679 g/mol. The second-order valence-corrected chi connectivity index (χ2v) is 20.0. The Bertz CT molecular complexity index is 1550. The number of aromatic amines is 1. The molecule has 2 amide bonds. The van der Waals surface area contributed by atoms with Crippen molar-refractivity contribution < 1.29 is 31.5 Å². The average molecular weight is 738 g/mol. The number of aromatic nitrogens is 2. The Balaban J connectivity index is 1.89. The van der Waals surface area contributed by atoms with Gasteiger partial charge < -0.3 is 20.7 Å². The minimum Gasteiger partial charge on any atom is -0.391 e. The normalized spacial score (nSPS) is 17.8. The van der Waals surface area contributed by atoms with Gasteiger partial charge in [-0.05, 0) is 63.4 Å². The molecule has 0 bridgehead atoms. The molecule has 2 aromatic rings. The summed E-state index contributed by atoms with van der Waals surface area (Å²) < 4.78 is 51.9. The number of H-pyrrole nitrogens is 1. The number of hydrogen-bond donors (Lipinski definition) is 5. The first kappa shape index (κ1) is 41.6. The fourth-order valence-electron chi connectivity index (χ4n) is 6.45. The molecule has 282 valence electrons. The van der Waals surface area contributed by atoms with Crippen LogP contribution < -0.4 is 15.4 Å². The third-order valence-electron chi connectivity index (χ3n) is 9.85. The minimum atomic E-state index is -3.70. The molecule has 1 heterocycles. The molecule has 1 aromatic carbocycles. The maximum Gasteiger partial charge on any atom is 0.243 e. The smallest absolute Gasteiger partial charge is 0.243 e. The third-order valence-corrected chi connectivity index (χ3v) is 13.2. The summed E-state index contributed by atoms with van der Waals surface area (Å²) in [5, 5.41) is 17.6. The second-order valence-electron chi connectivity index (χ2n) is 15.4. The van der Waals surface area contributed by atoms with Gasteiger partial charge in [-0.25, -0.2) is 26.5 Å². The SMILES string of the molecule is CC(C)C(CNS(C)(=O)=O)CC(O)C(CC1CCCCC1)NC(=O)[C@H](Cc1c[nH]cn1)NC(=O)C(Cc1ccccc1)CS(=O)(=O)C(C)(C)C. The van der Waals surface area contributed by atoms with Gasteiger partial charge in [-0.2, -0.15) is 0 Å². The van der Waals surface area contributed by atoms with Crippen molar-refractivity contribution in [3.05, 3.63) is 54.1 Å². The van der Waals surface area contributed by atoms with Crippen molar-refractivity contribution in [1.29, 1.82) is 0 Å². The van der Waals surface area contributed by atoms with E-state index in [0.717, 1.165) is 43.9 Å². The molecule has 0 aliphatic heterocycles. The predicted octanol–water partition coefficient (Wildman–Crippen LogP) is 3.54. The van der Waals surface area contributed by atoms with Gasteiger partial charge in [0.1, 0.15) is 6.04 Å². The molecule has 14 heteroatoms. The Morgan fingerprint density at radius 1 is 0.980 bits per heavy atom. The summed E-state index contributed by atoms with van der Waals surface area (Å²) in [6, 6.07) is 7.43. The van der Waals surface area contributed by atoms with Crippen LogP contribution in [0.3, 0.4) is 0 Å².